The highest BCUT2D eigenvalue weighted by atomic mass is 32.2. The lowest BCUT2D eigenvalue weighted by atomic mass is 10.2. The van der Waals surface area contributed by atoms with Crippen LogP contribution in [-0.2, 0) is 34.2 Å². The van der Waals surface area contributed by atoms with Crippen molar-refractivity contribution >= 4 is 27.7 Å². The fourth-order valence-corrected chi connectivity index (χ4v) is 3.70. The molecule has 3 rings (SSSR count). The van der Waals surface area contributed by atoms with E-state index in [1.807, 2.05) is 0 Å². The Morgan fingerprint density at radius 1 is 1.18 bits per heavy atom. The summed E-state index contributed by atoms with van der Waals surface area (Å²) in [5.41, 5.74) is 1.29. The summed E-state index contributed by atoms with van der Waals surface area (Å²) in [7, 11) is -3.30. The number of aromatic nitrogens is 3. The maximum absolute atomic E-state index is 12.0. The Labute approximate surface area is 165 Å². The first-order chi connectivity index (χ1) is 13.4. The molecule has 0 spiro atoms. The van der Waals surface area contributed by atoms with E-state index in [1.165, 1.54) is 12.5 Å². The van der Waals surface area contributed by atoms with E-state index in [2.05, 4.69) is 24.8 Å². The Hall–Kier alpha value is -2.68. The van der Waals surface area contributed by atoms with Crippen molar-refractivity contribution in [3.8, 4) is 0 Å². The molecule has 2 N–H and O–H groups in total. The van der Waals surface area contributed by atoms with E-state index in [4.69, 9.17) is 0 Å². The third kappa shape index (κ3) is 5.91. The number of nitrogens with one attached hydrogen (secondary N) is 2. The van der Waals surface area contributed by atoms with E-state index in [0.29, 0.717) is 18.7 Å². The molecule has 1 aromatic carbocycles. The highest BCUT2D eigenvalue weighted by Crippen LogP contribution is 2.14. The van der Waals surface area contributed by atoms with Crippen LogP contribution in [0.2, 0.25) is 0 Å². The minimum Gasteiger partial charge on any atom is -0.352 e. The average Bonchev–Trinajstić information content (AvgIpc) is 2.86. The molecule has 0 radical (unpaired) electrons. The maximum Gasteiger partial charge on any atom is 0.244 e. The quantitative estimate of drug-likeness (QED) is 0.685. The number of hydrogen-bond donors (Lipinski definition) is 2. The fourth-order valence-electron chi connectivity index (χ4n) is 3.13. The zero-order chi connectivity index (χ0) is 20.0. The molecule has 9 heteroatoms. The number of carbonyl (C=O) groups excluding carboxylic acids is 1. The maximum atomic E-state index is 12.0. The van der Waals surface area contributed by atoms with Gasteiger partial charge in [0.1, 0.15) is 11.6 Å². The van der Waals surface area contributed by atoms with Gasteiger partial charge in [-0.2, -0.15) is 0 Å². The molecule has 150 valence electrons. The Kier molecular flexibility index (Phi) is 6.45. The molecule has 28 heavy (non-hydrogen) atoms. The van der Waals surface area contributed by atoms with Gasteiger partial charge in [0.05, 0.1) is 6.26 Å². The van der Waals surface area contributed by atoms with E-state index in [-0.39, 0.29) is 5.91 Å². The molecule has 0 bridgehead atoms. The molecular formula is C19H25N5O3S. The van der Waals surface area contributed by atoms with E-state index in [0.717, 1.165) is 49.3 Å². The van der Waals surface area contributed by atoms with Crippen LogP contribution in [0.1, 0.15) is 36.5 Å². The Morgan fingerprint density at radius 2 is 1.96 bits per heavy atom. The Bertz CT molecular complexity index is 948. The lowest BCUT2D eigenvalue weighted by Crippen LogP contribution is -2.24. The van der Waals surface area contributed by atoms with E-state index in [1.54, 1.807) is 30.3 Å². The van der Waals surface area contributed by atoms with Crippen LogP contribution in [0, 0.1) is 0 Å². The summed E-state index contributed by atoms with van der Waals surface area (Å²) in [6.07, 6.45) is 9.39. The average molecular weight is 404 g/mol. The van der Waals surface area contributed by atoms with E-state index >= 15 is 0 Å². The molecule has 0 aliphatic carbocycles. The molecule has 1 amide bonds. The zero-order valence-corrected chi connectivity index (χ0v) is 16.7. The van der Waals surface area contributed by atoms with Gasteiger partial charge < -0.3 is 9.88 Å². The highest BCUT2D eigenvalue weighted by Gasteiger charge is 2.14. The molecule has 1 aliphatic rings. The number of carbonyl (C=O) groups is 1. The monoisotopic (exact) mass is 403 g/mol. The third-order valence-electron chi connectivity index (χ3n) is 4.48. The number of hydrogen-bond acceptors (Lipinski definition) is 5. The van der Waals surface area contributed by atoms with Crippen LogP contribution in [0.5, 0.6) is 0 Å². The number of rotatable bonds is 7. The number of aryl methyl sites for hydroxylation is 1. The number of fused-ring (bicyclic) bond motifs is 1. The van der Waals surface area contributed by atoms with Crippen LogP contribution in [0.25, 0.3) is 6.08 Å². The Balaban J connectivity index is 1.47. The standard InChI is InChI=1S/C19H25N5O3S/c1-28(26,27)23-16-9-6-15(7-10-16)8-11-19(25)20-13-12-18-22-21-17-5-3-2-4-14-24(17)18/h6-11,23H,2-5,12-14H2,1H3,(H,20,25). The van der Waals surface area contributed by atoms with E-state index in [9.17, 15) is 13.2 Å². The summed E-state index contributed by atoms with van der Waals surface area (Å²) in [6, 6.07) is 6.77. The zero-order valence-electron chi connectivity index (χ0n) is 15.9. The van der Waals surface area contributed by atoms with Gasteiger partial charge in [0.2, 0.25) is 15.9 Å². The summed E-state index contributed by atoms with van der Waals surface area (Å²) >= 11 is 0. The van der Waals surface area contributed by atoms with Crippen molar-refractivity contribution in [2.45, 2.75) is 38.6 Å². The van der Waals surface area contributed by atoms with Gasteiger partial charge in [-0.25, -0.2) is 8.42 Å². The molecule has 0 saturated carbocycles. The molecule has 8 nitrogen and oxygen atoms in total. The molecule has 0 saturated heterocycles. The molecule has 0 fully saturated rings. The van der Waals surface area contributed by atoms with Gasteiger partial charge in [-0.15, -0.1) is 10.2 Å². The predicted molar refractivity (Wildman–Crippen MR) is 108 cm³/mol. The fraction of sp³-hybridized carbons (Fsp3) is 0.421. The summed E-state index contributed by atoms with van der Waals surface area (Å²) in [5.74, 6) is 1.79. The number of anilines is 1. The molecule has 1 aromatic heterocycles. The van der Waals surface area contributed by atoms with Crippen molar-refractivity contribution in [3.05, 3.63) is 47.6 Å². The normalized spacial score (nSPS) is 14.5. The second kappa shape index (κ2) is 9.01. The van der Waals surface area contributed by atoms with Gasteiger partial charge in [-0.05, 0) is 36.6 Å². The summed E-state index contributed by atoms with van der Waals surface area (Å²) in [6.45, 7) is 1.45. The first-order valence-corrected chi connectivity index (χ1v) is 11.2. The van der Waals surface area contributed by atoms with Crippen molar-refractivity contribution in [2.75, 3.05) is 17.5 Å². The van der Waals surface area contributed by atoms with Crippen LogP contribution in [0.4, 0.5) is 5.69 Å². The summed E-state index contributed by atoms with van der Waals surface area (Å²) < 4.78 is 27.0. The summed E-state index contributed by atoms with van der Waals surface area (Å²) in [4.78, 5) is 12.0. The lowest BCUT2D eigenvalue weighted by Gasteiger charge is -2.07. The first kappa shape index (κ1) is 20.1. The van der Waals surface area contributed by atoms with Crippen LogP contribution in [0.15, 0.2) is 30.3 Å². The van der Waals surface area contributed by atoms with Crippen molar-refractivity contribution in [3.63, 3.8) is 0 Å². The second-order valence-corrected chi connectivity index (χ2v) is 8.61. The van der Waals surface area contributed by atoms with Crippen molar-refractivity contribution < 1.29 is 13.2 Å². The number of sulfonamides is 1. The molecule has 0 unspecified atom stereocenters. The van der Waals surface area contributed by atoms with E-state index < -0.39 is 10.0 Å². The predicted octanol–water partition coefficient (Wildman–Crippen LogP) is 1.75. The number of amides is 1. The molecule has 2 heterocycles. The lowest BCUT2D eigenvalue weighted by molar-refractivity contribution is -0.116. The van der Waals surface area contributed by atoms with Crippen LogP contribution < -0.4 is 10.0 Å². The largest absolute Gasteiger partial charge is 0.352 e. The minimum atomic E-state index is -3.30. The smallest absolute Gasteiger partial charge is 0.244 e. The van der Waals surface area contributed by atoms with Gasteiger partial charge in [0.25, 0.3) is 0 Å². The van der Waals surface area contributed by atoms with Crippen molar-refractivity contribution in [1.82, 2.24) is 20.1 Å². The molecule has 0 atom stereocenters. The SMILES string of the molecule is CS(=O)(=O)Nc1ccc(C=CC(=O)NCCc2nnc3n2CCCCC3)cc1. The first-order valence-electron chi connectivity index (χ1n) is 9.35. The van der Waals surface area contributed by atoms with Gasteiger partial charge in [-0.1, -0.05) is 18.6 Å². The van der Waals surface area contributed by atoms with Crippen LogP contribution >= 0.6 is 0 Å². The van der Waals surface area contributed by atoms with Gasteiger partial charge in [-0.3, -0.25) is 9.52 Å². The molecule has 2 aromatic rings. The van der Waals surface area contributed by atoms with Crippen LogP contribution in [-0.4, -0.2) is 41.9 Å². The van der Waals surface area contributed by atoms with Crippen molar-refractivity contribution in [2.24, 2.45) is 0 Å². The topological polar surface area (TPSA) is 106 Å². The summed E-state index contributed by atoms with van der Waals surface area (Å²) in [5, 5.41) is 11.4. The molecule has 1 aliphatic heterocycles. The number of benzene rings is 1. The number of nitrogens with zero attached hydrogens (tertiary/aromatic N) is 3. The van der Waals surface area contributed by atoms with Gasteiger partial charge in [0, 0.05) is 37.7 Å². The van der Waals surface area contributed by atoms with Gasteiger partial charge >= 0.3 is 0 Å². The van der Waals surface area contributed by atoms with Crippen molar-refractivity contribution in [1.29, 1.82) is 0 Å². The van der Waals surface area contributed by atoms with Gasteiger partial charge in [0.15, 0.2) is 0 Å². The molecular weight excluding hydrogens is 378 g/mol. The van der Waals surface area contributed by atoms with Crippen LogP contribution in [0.3, 0.4) is 0 Å². The second-order valence-electron chi connectivity index (χ2n) is 6.87. The minimum absolute atomic E-state index is 0.186. The third-order valence-corrected chi connectivity index (χ3v) is 5.08. The highest BCUT2D eigenvalue weighted by molar-refractivity contribution is 7.92. The Morgan fingerprint density at radius 3 is 2.71 bits per heavy atom.